The first-order valence-corrected chi connectivity index (χ1v) is 7.89. The number of nitrogens with zero attached hydrogens (tertiary/aromatic N) is 1. The maximum absolute atomic E-state index is 12.3. The van der Waals surface area contributed by atoms with E-state index in [1.807, 2.05) is 13.0 Å². The molecular weight excluding hydrogens is 296 g/mol. The minimum Gasteiger partial charge on any atom is -0.481 e. The second-order valence-corrected chi connectivity index (χ2v) is 6.28. The van der Waals surface area contributed by atoms with Crippen LogP contribution >= 0.6 is 0 Å². The van der Waals surface area contributed by atoms with Crippen LogP contribution in [0.3, 0.4) is 0 Å². The van der Waals surface area contributed by atoms with E-state index in [-0.39, 0.29) is 12.3 Å². The molecule has 0 radical (unpaired) electrons. The van der Waals surface area contributed by atoms with E-state index in [1.54, 1.807) is 12.1 Å². The number of aromatic nitrogens is 1. The fourth-order valence-electron chi connectivity index (χ4n) is 3.17. The molecule has 2 aromatic rings. The highest BCUT2D eigenvalue weighted by atomic mass is 16.4. The van der Waals surface area contributed by atoms with Crippen molar-refractivity contribution in [2.75, 3.05) is 6.54 Å². The van der Waals surface area contributed by atoms with Gasteiger partial charge in [-0.05, 0) is 31.9 Å². The Labute approximate surface area is 133 Å². The lowest BCUT2D eigenvalue weighted by atomic mass is 9.74. The van der Waals surface area contributed by atoms with Gasteiger partial charge < -0.3 is 14.8 Å². The van der Waals surface area contributed by atoms with E-state index in [1.165, 1.54) is 0 Å². The van der Waals surface area contributed by atoms with Crippen molar-refractivity contribution < 1.29 is 19.1 Å². The van der Waals surface area contributed by atoms with Crippen molar-refractivity contribution in [3.63, 3.8) is 0 Å². The third kappa shape index (κ3) is 3.06. The molecule has 0 unspecified atom stereocenters. The van der Waals surface area contributed by atoms with E-state index < -0.39 is 17.3 Å². The van der Waals surface area contributed by atoms with Crippen LogP contribution in [-0.2, 0) is 4.79 Å². The zero-order chi connectivity index (χ0) is 16.4. The molecule has 6 heteroatoms. The quantitative estimate of drug-likeness (QED) is 0.904. The predicted octanol–water partition coefficient (Wildman–Crippen LogP) is 2.90. The molecule has 1 aliphatic rings. The van der Waals surface area contributed by atoms with Gasteiger partial charge in [0.1, 0.15) is 5.52 Å². The summed E-state index contributed by atoms with van der Waals surface area (Å²) in [7, 11) is 0. The third-order valence-corrected chi connectivity index (χ3v) is 4.59. The maximum atomic E-state index is 12.3. The molecule has 2 heterocycles. The van der Waals surface area contributed by atoms with Gasteiger partial charge in [0.05, 0.1) is 5.41 Å². The highest BCUT2D eigenvalue weighted by Crippen LogP contribution is 2.36. The molecule has 1 amide bonds. The Morgan fingerprint density at radius 2 is 2.04 bits per heavy atom. The van der Waals surface area contributed by atoms with Gasteiger partial charge in [0.2, 0.25) is 0 Å². The van der Waals surface area contributed by atoms with Crippen molar-refractivity contribution >= 4 is 23.0 Å². The summed E-state index contributed by atoms with van der Waals surface area (Å²) in [6.07, 6.45) is 4.02. The van der Waals surface area contributed by atoms with E-state index in [2.05, 4.69) is 10.3 Å². The van der Waals surface area contributed by atoms with Gasteiger partial charge >= 0.3 is 5.97 Å². The number of aliphatic carboxylic acids is 1. The van der Waals surface area contributed by atoms with Crippen molar-refractivity contribution in [1.82, 2.24) is 10.3 Å². The third-order valence-electron chi connectivity index (χ3n) is 4.59. The smallest absolute Gasteiger partial charge is 0.311 e. The van der Waals surface area contributed by atoms with Gasteiger partial charge in [-0.1, -0.05) is 19.3 Å². The van der Waals surface area contributed by atoms with Crippen LogP contribution < -0.4 is 5.32 Å². The van der Waals surface area contributed by atoms with Crippen LogP contribution in [0, 0.1) is 12.3 Å². The first-order valence-electron chi connectivity index (χ1n) is 7.89. The van der Waals surface area contributed by atoms with Crippen molar-refractivity contribution in [1.29, 1.82) is 0 Å². The number of carbonyl (C=O) groups is 2. The molecule has 0 saturated heterocycles. The Balaban J connectivity index is 1.73. The summed E-state index contributed by atoms with van der Waals surface area (Å²) < 4.78 is 5.50. The van der Waals surface area contributed by atoms with E-state index in [4.69, 9.17) is 4.42 Å². The summed E-state index contributed by atoms with van der Waals surface area (Å²) in [6, 6.07) is 5.18. The summed E-state index contributed by atoms with van der Waals surface area (Å²) in [4.78, 5) is 28.2. The number of carboxylic acid groups (broad SMARTS) is 1. The summed E-state index contributed by atoms with van der Waals surface area (Å²) >= 11 is 0. The topological polar surface area (TPSA) is 92.4 Å². The number of amides is 1. The molecule has 2 aromatic heterocycles. The molecule has 0 aromatic carbocycles. The van der Waals surface area contributed by atoms with Gasteiger partial charge in [0.15, 0.2) is 11.3 Å². The summed E-state index contributed by atoms with van der Waals surface area (Å²) in [5.74, 6) is -1.07. The van der Waals surface area contributed by atoms with Gasteiger partial charge in [-0.3, -0.25) is 9.59 Å². The molecule has 1 saturated carbocycles. The predicted molar refractivity (Wildman–Crippen MR) is 84.2 cm³/mol. The number of nitrogens with one attached hydrogen (secondary N) is 1. The first kappa shape index (κ1) is 15.5. The Bertz CT molecular complexity index is 744. The lowest BCUT2D eigenvalue weighted by molar-refractivity contribution is -0.150. The number of carbonyl (C=O) groups excluding carboxylic acids is 1. The molecule has 0 atom stereocenters. The van der Waals surface area contributed by atoms with E-state index >= 15 is 0 Å². The van der Waals surface area contributed by atoms with Crippen molar-refractivity contribution in [2.45, 2.75) is 39.0 Å². The van der Waals surface area contributed by atoms with Crippen LogP contribution in [0.15, 0.2) is 22.6 Å². The van der Waals surface area contributed by atoms with E-state index in [0.717, 1.165) is 25.0 Å². The second-order valence-electron chi connectivity index (χ2n) is 6.28. The number of fused-ring (bicyclic) bond motifs is 1. The summed E-state index contributed by atoms with van der Waals surface area (Å²) in [5.41, 5.74) is 1.17. The van der Waals surface area contributed by atoms with Crippen molar-refractivity contribution in [3.05, 3.63) is 29.7 Å². The van der Waals surface area contributed by atoms with Crippen LogP contribution in [0.4, 0.5) is 0 Å². The summed E-state index contributed by atoms with van der Waals surface area (Å²) in [5, 5.41) is 12.3. The zero-order valence-corrected chi connectivity index (χ0v) is 13.1. The fourth-order valence-corrected chi connectivity index (χ4v) is 3.17. The Morgan fingerprint density at radius 3 is 2.74 bits per heavy atom. The molecule has 122 valence electrons. The first-order chi connectivity index (χ1) is 11.0. The SMILES string of the molecule is Cc1ccc2oc(C(=O)NCC3(C(=O)O)CCCCC3)cc2n1. The lowest BCUT2D eigenvalue weighted by Crippen LogP contribution is -2.44. The van der Waals surface area contributed by atoms with Crippen LogP contribution in [-0.4, -0.2) is 28.5 Å². The Hall–Kier alpha value is -2.37. The number of hydrogen-bond acceptors (Lipinski definition) is 4. The number of furan rings is 1. The van der Waals surface area contributed by atoms with Crippen molar-refractivity contribution in [3.8, 4) is 0 Å². The highest BCUT2D eigenvalue weighted by molar-refractivity contribution is 5.95. The Morgan fingerprint density at radius 1 is 1.30 bits per heavy atom. The van der Waals surface area contributed by atoms with Crippen LogP contribution in [0.1, 0.15) is 48.4 Å². The molecule has 0 aliphatic heterocycles. The maximum Gasteiger partial charge on any atom is 0.311 e. The molecule has 0 bridgehead atoms. The van der Waals surface area contributed by atoms with Crippen LogP contribution in [0.25, 0.3) is 11.1 Å². The van der Waals surface area contributed by atoms with Crippen LogP contribution in [0.2, 0.25) is 0 Å². The normalized spacial score (nSPS) is 17.1. The highest BCUT2D eigenvalue weighted by Gasteiger charge is 2.40. The van der Waals surface area contributed by atoms with Gasteiger partial charge in [0, 0.05) is 18.3 Å². The fraction of sp³-hybridized carbons (Fsp3) is 0.471. The minimum atomic E-state index is -0.852. The average Bonchev–Trinajstić information content (AvgIpc) is 2.96. The number of rotatable bonds is 4. The molecule has 1 fully saturated rings. The van der Waals surface area contributed by atoms with Gasteiger partial charge in [0.25, 0.3) is 5.91 Å². The van der Waals surface area contributed by atoms with E-state index in [0.29, 0.717) is 23.9 Å². The Kier molecular flexibility index (Phi) is 4.07. The van der Waals surface area contributed by atoms with Crippen molar-refractivity contribution in [2.24, 2.45) is 5.41 Å². The number of hydrogen-bond donors (Lipinski definition) is 2. The zero-order valence-electron chi connectivity index (χ0n) is 13.1. The van der Waals surface area contributed by atoms with Gasteiger partial charge in [-0.15, -0.1) is 0 Å². The minimum absolute atomic E-state index is 0.130. The number of carboxylic acids is 1. The molecule has 6 nitrogen and oxygen atoms in total. The molecule has 3 rings (SSSR count). The van der Waals surface area contributed by atoms with E-state index in [9.17, 15) is 14.7 Å². The van der Waals surface area contributed by atoms with Crippen LogP contribution in [0.5, 0.6) is 0 Å². The number of aryl methyl sites for hydroxylation is 1. The van der Waals surface area contributed by atoms with Gasteiger partial charge in [-0.2, -0.15) is 0 Å². The lowest BCUT2D eigenvalue weighted by Gasteiger charge is -2.33. The van der Waals surface area contributed by atoms with Gasteiger partial charge in [-0.25, -0.2) is 4.98 Å². The molecule has 0 spiro atoms. The standard InChI is InChI=1S/C17H20N2O4/c1-11-5-6-13-12(19-11)9-14(23-13)15(20)18-10-17(16(21)22)7-3-2-4-8-17/h5-6,9H,2-4,7-8,10H2,1H3,(H,18,20)(H,21,22). The molecular formula is C17H20N2O4. The molecule has 2 N–H and O–H groups in total. The monoisotopic (exact) mass is 316 g/mol. The number of pyridine rings is 1. The summed E-state index contributed by atoms with van der Waals surface area (Å²) in [6.45, 7) is 2.00. The second kappa shape index (κ2) is 6.02. The largest absolute Gasteiger partial charge is 0.481 e. The average molecular weight is 316 g/mol. The molecule has 1 aliphatic carbocycles. The molecule has 23 heavy (non-hydrogen) atoms.